The molecule has 0 radical (unpaired) electrons. The summed E-state index contributed by atoms with van der Waals surface area (Å²) in [5.74, 6) is 0.00542. The van der Waals surface area contributed by atoms with Gasteiger partial charge >= 0.3 is 0 Å². The second-order valence-electron chi connectivity index (χ2n) is 4.73. The lowest BCUT2D eigenvalue weighted by Gasteiger charge is -2.34. The zero-order chi connectivity index (χ0) is 13.3. The molecule has 2 unspecified atom stereocenters. The monoisotopic (exact) mass is 268 g/mol. The van der Waals surface area contributed by atoms with Crippen LogP contribution in [0, 0.1) is 0 Å². The zero-order valence-electron chi connectivity index (χ0n) is 11.1. The van der Waals surface area contributed by atoms with Gasteiger partial charge in [0.25, 0.3) is 5.91 Å². The van der Waals surface area contributed by atoms with Crippen LogP contribution in [0.25, 0.3) is 0 Å². The third-order valence-electron chi connectivity index (χ3n) is 3.08. The summed E-state index contributed by atoms with van der Waals surface area (Å²) >= 11 is 1.93. The Bertz CT molecular complexity index is 435. The van der Waals surface area contributed by atoms with E-state index in [2.05, 4.69) is 18.9 Å². The fraction of sp³-hybridized carbons (Fsp3) is 0.667. The van der Waals surface area contributed by atoms with Gasteiger partial charge in [-0.05, 0) is 6.92 Å². The van der Waals surface area contributed by atoms with E-state index in [0.717, 1.165) is 13.1 Å². The number of rotatable bonds is 2. The number of carbonyl (C=O) groups excluding carboxylic acids is 1. The van der Waals surface area contributed by atoms with Gasteiger partial charge in [0, 0.05) is 30.1 Å². The molecule has 100 valence electrons. The molecule has 0 spiro atoms. The largest absolute Gasteiger partial charge is 0.396 e. The van der Waals surface area contributed by atoms with E-state index in [1.807, 2.05) is 23.6 Å². The first-order chi connectivity index (χ1) is 8.52. The Hall–Kier alpha value is -1.17. The fourth-order valence-corrected chi connectivity index (χ4v) is 3.69. The summed E-state index contributed by atoms with van der Waals surface area (Å²) in [5, 5.41) is 5.07. The molecule has 0 saturated carbocycles. The van der Waals surface area contributed by atoms with Gasteiger partial charge in [-0.25, -0.2) is 0 Å². The van der Waals surface area contributed by atoms with Crippen molar-refractivity contribution in [2.24, 2.45) is 0 Å². The van der Waals surface area contributed by atoms with Gasteiger partial charge in [0.1, 0.15) is 5.69 Å². The van der Waals surface area contributed by atoms with E-state index in [-0.39, 0.29) is 5.91 Å². The summed E-state index contributed by atoms with van der Waals surface area (Å²) in [6, 6.07) is 0. The lowest BCUT2D eigenvalue weighted by atomic mass is 10.2. The van der Waals surface area contributed by atoms with Crippen LogP contribution in [-0.4, -0.2) is 44.2 Å². The first kappa shape index (κ1) is 13.3. The van der Waals surface area contributed by atoms with Gasteiger partial charge in [-0.1, -0.05) is 13.8 Å². The normalized spacial score (nSPS) is 24.3. The van der Waals surface area contributed by atoms with Crippen molar-refractivity contribution in [2.45, 2.75) is 37.8 Å². The average molecular weight is 268 g/mol. The van der Waals surface area contributed by atoms with E-state index in [9.17, 15) is 4.79 Å². The summed E-state index contributed by atoms with van der Waals surface area (Å²) in [7, 11) is 0. The quantitative estimate of drug-likeness (QED) is 0.882. The molecule has 2 atom stereocenters. The second kappa shape index (κ2) is 5.22. The zero-order valence-corrected chi connectivity index (χ0v) is 11.9. The number of aromatic nitrogens is 2. The van der Waals surface area contributed by atoms with Gasteiger partial charge in [-0.15, -0.1) is 0 Å². The highest BCUT2D eigenvalue weighted by molar-refractivity contribution is 8.00. The van der Waals surface area contributed by atoms with Gasteiger partial charge in [-0.3, -0.25) is 9.48 Å². The molecule has 18 heavy (non-hydrogen) atoms. The highest BCUT2D eigenvalue weighted by Gasteiger charge is 2.29. The Morgan fingerprint density at radius 2 is 2.11 bits per heavy atom. The number of anilines is 1. The molecule has 2 rings (SSSR count). The molecule has 1 aliphatic heterocycles. The molecular formula is C12H20N4OS. The molecule has 1 aromatic rings. The van der Waals surface area contributed by atoms with Crippen molar-refractivity contribution in [3.63, 3.8) is 0 Å². The summed E-state index contributed by atoms with van der Waals surface area (Å²) in [6.45, 7) is 8.49. The van der Waals surface area contributed by atoms with Gasteiger partial charge in [0.2, 0.25) is 0 Å². The number of hydrogen-bond donors (Lipinski definition) is 1. The summed E-state index contributed by atoms with van der Waals surface area (Å²) in [4.78, 5) is 14.4. The van der Waals surface area contributed by atoms with Crippen molar-refractivity contribution < 1.29 is 4.79 Å². The van der Waals surface area contributed by atoms with E-state index >= 15 is 0 Å². The van der Waals surface area contributed by atoms with Crippen molar-refractivity contribution >= 4 is 23.4 Å². The van der Waals surface area contributed by atoms with Crippen LogP contribution in [0.3, 0.4) is 0 Å². The number of amides is 1. The molecule has 2 N–H and O–H groups in total. The van der Waals surface area contributed by atoms with Crippen LogP contribution < -0.4 is 5.73 Å². The molecule has 0 aliphatic carbocycles. The molecule has 1 amide bonds. The van der Waals surface area contributed by atoms with Crippen LogP contribution in [0.2, 0.25) is 0 Å². The van der Waals surface area contributed by atoms with Gasteiger partial charge in [0.15, 0.2) is 0 Å². The molecular weight excluding hydrogens is 248 g/mol. The van der Waals surface area contributed by atoms with Crippen molar-refractivity contribution in [1.29, 1.82) is 0 Å². The molecule has 0 bridgehead atoms. The lowest BCUT2D eigenvalue weighted by Crippen LogP contribution is -2.44. The predicted octanol–water partition coefficient (Wildman–Crippen LogP) is 1.45. The maximum atomic E-state index is 12.5. The van der Waals surface area contributed by atoms with Crippen LogP contribution in [0.15, 0.2) is 6.20 Å². The van der Waals surface area contributed by atoms with Crippen molar-refractivity contribution in [1.82, 2.24) is 14.7 Å². The lowest BCUT2D eigenvalue weighted by molar-refractivity contribution is 0.0742. The minimum absolute atomic E-state index is 0.00542. The molecule has 1 aliphatic rings. The van der Waals surface area contributed by atoms with Gasteiger partial charge in [0.05, 0.1) is 11.9 Å². The highest BCUT2D eigenvalue weighted by atomic mass is 32.2. The summed E-state index contributed by atoms with van der Waals surface area (Å²) in [6.07, 6.45) is 1.56. The number of nitrogen functional groups attached to an aromatic ring is 1. The Balaban J connectivity index is 2.22. The van der Waals surface area contributed by atoms with Crippen molar-refractivity contribution in [3.05, 3.63) is 11.9 Å². The highest BCUT2D eigenvalue weighted by Crippen LogP contribution is 2.26. The van der Waals surface area contributed by atoms with Gasteiger partial charge in [-0.2, -0.15) is 16.9 Å². The maximum Gasteiger partial charge on any atom is 0.274 e. The first-order valence-corrected chi connectivity index (χ1v) is 7.23. The van der Waals surface area contributed by atoms with Crippen molar-refractivity contribution in [3.8, 4) is 0 Å². The van der Waals surface area contributed by atoms with Crippen LogP contribution in [0.1, 0.15) is 31.3 Å². The number of aryl methyl sites for hydroxylation is 1. The number of hydrogen-bond acceptors (Lipinski definition) is 4. The topological polar surface area (TPSA) is 64.2 Å². The van der Waals surface area contributed by atoms with Gasteiger partial charge < -0.3 is 10.6 Å². The SMILES string of the molecule is CCn1ncc(N)c1C(=O)N1CC(C)SC(C)C1. The Labute approximate surface area is 112 Å². The molecule has 1 saturated heterocycles. The van der Waals surface area contributed by atoms with E-state index in [4.69, 9.17) is 5.73 Å². The molecule has 1 fully saturated rings. The number of nitrogens with zero attached hydrogens (tertiary/aromatic N) is 3. The van der Waals surface area contributed by atoms with Crippen LogP contribution in [0.4, 0.5) is 5.69 Å². The van der Waals surface area contributed by atoms with E-state index < -0.39 is 0 Å². The van der Waals surface area contributed by atoms with E-state index in [1.165, 1.54) is 0 Å². The second-order valence-corrected chi connectivity index (χ2v) is 6.61. The maximum absolute atomic E-state index is 12.5. The van der Waals surface area contributed by atoms with Crippen LogP contribution in [0.5, 0.6) is 0 Å². The molecule has 5 nitrogen and oxygen atoms in total. The van der Waals surface area contributed by atoms with E-state index in [0.29, 0.717) is 28.4 Å². The summed E-state index contributed by atoms with van der Waals surface area (Å²) in [5.41, 5.74) is 6.86. The Morgan fingerprint density at radius 3 is 2.67 bits per heavy atom. The Kier molecular flexibility index (Phi) is 3.85. The van der Waals surface area contributed by atoms with Crippen molar-refractivity contribution in [2.75, 3.05) is 18.8 Å². The first-order valence-electron chi connectivity index (χ1n) is 6.29. The molecule has 6 heteroatoms. The number of carbonyl (C=O) groups is 1. The van der Waals surface area contributed by atoms with Crippen LogP contribution >= 0.6 is 11.8 Å². The molecule has 0 aromatic carbocycles. The number of nitrogens with two attached hydrogens (primary N) is 1. The smallest absolute Gasteiger partial charge is 0.274 e. The van der Waals surface area contributed by atoms with Crippen LogP contribution in [-0.2, 0) is 6.54 Å². The Morgan fingerprint density at radius 1 is 1.50 bits per heavy atom. The third kappa shape index (κ3) is 2.48. The average Bonchev–Trinajstić information content (AvgIpc) is 2.68. The summed E-state index contributed by atoms with van der Waals surface area (Å²) < 4.78 is 1.68. The fourth-order valence-electron chi connectivity index (χ4n) is 2.37. The standard InChI is InChI=1S/C12H20N4OS/c1-4-16-11(10(13)5-14-16)12(17)15-6-8(2)18-9(3)7-15/h5,8-9H,4,6-7,13H2,1-3H3. The molecule has 1 aromatic heterocycles. The minimum Gasteiger partial charge on any atom is -0.396 e. The minimum atomic E-state index is 0.00542. The predicted molar refractivity (Wildman–Crippen MR) is 74.7 cm³/mol. The third-order valence-corrected chi connectivity index (χ3v) is 4.30. The number of thioether (sulfide) groups is 1. The van der Waals surface area contributed by atoms with E-state index in [1.54, 1.807) is 10.9 Å². The molecule has 2 heterocycles.